The Kier molecular flexibility index (Phi) is 8.85. The van der Waals surface area contributed by atoms with E-state index in [1.165, 1.54) is 0 Å². The third-order valence-corrected chi connectivity index (χ3v) is 6.42. The standard InChI is InChI=1S/C29H36N2O4/c1-6-35-29(34)27-21(5)31(26(32)17-25(27)24-13-8-7-10-20(24)4)18-22-11-9-12-23(16-22)28(33)30-15-14-19(2)3/h7-13,16,19,25H,6,14-15,17-18H2,1-5H3,(H,30,33)/t25-/m0/s1. The lowest BCUT2D eigenvalue weighted by Crippen LogP contribution is -2.38. The van der Waals surface area contributed by atoms with Gasteiger partial charge in [-0.25, -0.2) is 4.79 Å². The minimum Gasteiger partial charge on any atom is -0.463 e. The summed E-state index contributed by atoms with van der Waals surface area (Å²) < 4.78 is 5.39. The molecule has 0 saturated carbocycles. The molecule has 1 heterocycles. The van der Waals surface area contributed by atoms with E-state index in [0.717, 1.165) is 23.1 Å². The van der Waals surface area contributed by atoms with E-state index < -0.39 is 5.97 Å². The smallest absolute Gasteiger partial charge is 0.336 e. The second-order valence-electron chi connectivity index (χ2n) is 9.45. The summed E-state index contributed by atoms with van der Waals surface area (Å²) >= 11 is 0. The van der Waals surface area contributed by atoms with Gasteiger partial charge in [-0.2, -0.15) is 0 Å². The molecule has 1 aliphatic heterocycles. The van der Waals surface area contributed by atoms with E-state index in [-0.39, 0.29) is 37.3 Å². The molecule has 6 heteroatoms. The predicted octanol–water partition coefficient (Wildman–Crippen LogP) is 5.12. The fourth-order valence-corrected chi connectivity index (χ4v) is 4.49. The fourth-order valence-electron chi connectivity index (χ4n) is 4.49. The number of carbonyl (C=O) groups is 3. The maximum absolute atomic E-state index is 13.3. The van der Waals surface area contributed by atoms with Gasteiger partial charge in [-0.15, -0.1) is 0 Å². The van der Waals surface area contributed by atoms with Gasteiger partial charge in [0.15, 0.2) is 0 Å². The summed E-state index contributed by atoms with van der Waals surface area (Å²) in [6, 6.07) is 15.1. The summed E-state index contributed by atoms with van der Waals surface area (Å²) in [6.07, 6.45) is 1.10. The van der Waals surface area contributed by atoms with Gasteiger partial charge in [0.05, 0.1) is 18.7 Å². The average molecular weight is 477 g/mol. The Balaban J connectivity index is 1.90. The molecule has 1 aliphatic rings. The van der Waals surface area contributed by atoms with Crippen molar-refractivity contribution in [1.29, 1.82) is 0 Å². The number of benzene rings is 2. The van der Waals surface area contributed by atoms with E-state index in [9.17, 15) is 14.4 Å². The molecule has 1 N–H and O–H groups in total. The van der Waals surface area contributed by atoms with Crippen LogP contribution in [0.4, 0.5) is 0 Å². The van der Waals surface area contributed by atoms with Crippen LogP contribution in [-0.2, 0) is 20.9 Å². The first-order valence-corrected chi connectivity index (χ1v) is 12.3. The Morgan fingerprint density at radius 2 is 1.86 bits per heavy atom. The molecule has 0 saturated heterocycles. The van der Waals surface area contributed by atoms with Crippen LogP contribution in [0.1, 0.15) is 73.5 Å². The maximum atomic E-state index is 13.3. The molecule has 0 bridgehead atoms. The molecule has 0 unspecified atom stereocenters. The van der Waals surface area contributed by atoms with Crippen LogP contribution in [-0.4, -0.2) is 35.8 Å². The van der Waals surface area contributed by atoms with Crippen LogP contribution in [0, 0.1) is 12.8 Å². The number of hydrogen-bond acceptors (Lipinski definition) is 4. The SMILES string of the molecule is CCOC(=O)C1=C(C)N(Cc2cccc(C(=O)NCCC(C)C)c2)C(=O)C[C@H]1c1ccccc1C. The topological polar surface area (TPSA) is 75.7 Å². The molecular weight excluding hydrogens is 440 g/mol. The van der Waals surface area contributed by atoms with Crippen LogP contribution < -0.4 is 5.32 Å². The summed E-state index contributed by atoms with van der Waals surface area (Å²) in [5, 5.41) is 2.95. The largest absolute Gasteiger partial charge is 0.463 e. The average Bonchev–Trinajstić information content (AvgIpc) is 2.81. The Labute approximate surface area is 208 Å². The number of aryl methyl sites for hydroxylation is 1. The lowest BCUT2D eigenvalue weighted by Gasteiger charge is -2.35. The van der Waals surface area contributed by atoms with Crippen LogP contribution >= 0.6 is 0 Å². The van der Waals surface area contributed by atoms with Crippen LogP contribution in [0.25, 0.3) is 0 Å². The van der Waals surface area contributed by atoms with E-state index >= 15 is 0 Å². The quantitative estimate of drug-likeness (QED) is 0.510. The van der Waals surface area contributed by atoms with Crippen molar-refractivity contribution in [2.24, 2.45) is 5.92 Å². The first-order valence-electron chi connectivity index (χ1n) is 12.3. The molecule has 2 amide bonds. The molecular formula is C29H36N2O4. The first-order chi connectivity index (χ1) is 16.7. The molecule has 0 aromatic heterocycles. The molecule has 3 rings (SSSR count). The van der Waals surface area contributed by atoms with Gasteiger partial charge in [0.25, 0.3) is 5.91 Å². The van der Waals surface area contributed by atoms with E-state index in [0.29, 0.717) is 29.3 Å². The second kappa shape index (κ2) is 11.8. The van der Waals surface area contributed by atoms with Crippen molar-refractivity contribution < 1.29 is 19.1 Å². The molecule has 35 heavy (non-hydrogen) atoms. The monoisotopic (exact) mass is 476 g/mol. The predicted molar refractivity (Wildman–Crippen MR) is 137 cm³/mol. The van der Waals surface area contributed by atoms with Crippen molar-refractivity contribution in [1.82, 2.24) is 10.2 Å². The van der Waals surface area contributed by atoms with Crippen molar-refractivity contribution in [2.75, 3.05) is 13.2 Å². The van der Waals surface area contributed by atoms with Crippen LogP contribution in [0.2, 0.25) is 0 Å². The summed E-state index contributed by atoms with van der Waals surface area (Å²) in [4.78, 5) is 40.6. The number of nitrogens with zero attached hydrogens (tertiary/aromatic N) is 1. The number of amides is 2. The van der Waals surface area contributed by atoms with Crippen molar-refractivity contribution >= 4 is 17.8 Å². The summed E-state index contributed by atoms with van der Waals surface area (Å²) in [5.41, 5.74) is 4.49. The van der Waals surface area contributed by atoms with E-state index in [4.69, 9.17) is 4.74 Å². The van der Waals surface area contributed by atoms with Crippen LogP contribution in [0.5, 0.6) is 0 Å². The molecule has 0 spiro atoms. The maximum Gasteiger partial charge on any atom is 0.336 e. The molecule has 0 aliphatic carbocycles. The molecule has 6 nitrogen and oxygen atoms in total. The summed E-state index contributed by atoms with van der Waals surface area (Å²) in [7, 11) is 0. The number of carbonyl (C=O) groups excluding carboxylic acids is 3. The highest BCUT2D eigenvalue weighted by molar-refractivity contribution is 5.96. The Hall–Kier alpha value is -3.41. The number of ether oxygens (including phenoxy) is 1. The van der Waals surface area contributed by atoms with E-state index in [1.54, 1.807) is 24.8 Å². The minimum absolute atomic E-state index is 0.0596. The van der Waals surface area contributed by atoms with Gasteiger partial charge in [-0.1, -0.05) is 50.2 Å². The van der Waals surface area contributed by atoms with Gasteiger partial charge < -0.3 is 15.0 Å². The molecule has 0 radical (unpaired) electrons. The third-order valence-electron chi connectivity index (χ3n) is 6.42. The zero-order valence-electron chi connectivity index (χ0n) is 21.4. The lowest BCUT2D eigenvalue weighted by molar-refractivity contribution is -0.140. The van der Waals surface area contributed by atoms with Crippen molar-refractivity contribution in [2.45, 2.75) is 59.9 Å². The fraction of sp³-hybridized carbons (Fsp3) is 0.414. The third kappa shape index (κ3) is 6.38. The minimum atomic E-state index is -0.394. The second-order valence-corrected chi connectivity index (χ2v) is 9.45. The molecule has 0 fully saturated rings. The van der Waals surface area contributed by atoms with Crippen molar-refractivity contribution in [3.05, 3.63) is 82.1 Å². The van der Waals surface area contributed by atoms with Crippen molar-refractivity contribution in [3.8, 4) is 0 Å². The molecule has 2 aromatic rings. The van der Waals surface area contributed by atoms with E-state index in [1.807, 2.05) is 49.4 Å². The van der Waals surface area contributed by atoms with Crippen LogP contribution in [0.15, 0.2) is 59.8 Å². The van der Waals surface area contributed by atoms with Gasteiger partial charge in [-0.05, 0) is 61.9 Å². The number of hydrogen-bond donors (Lipinski definition) is 1. The van der Waals surface area contributed by atoms with Gasteiger partial charge in [0.1, 0.15) is 0 Å². The summed E-state index contributed by atoms with van der Waals surface area (Å²) in [5.74, 6) is -0.420. The Bertz CT molecular complexity index is 1120. The number of allylic oxidation sites excluding steroid dienone is 1. The van der Waals surface area contributed by atoms with Gasteiger partial charge in [0, 0.05) is 30.1 Å². The van der Waals surface area contributed by atoms with Crippen LogP contribution in [0.3, 0.4) is 0 Å². The highest BCUT2D eigenvalue weighted by Crippen LogP contribution is 2.38. The van der Waals surface area contributed by atoms with Gasteiger partial charge >= 0.3 is 5.97 Å². The number of nitrogens with one attached hydrogen (secondary N) is 1. The van der Waals surface area contributed by atoms with E-state index in [2.05, 4.69) is 19.2 Å². The molecule has 2 aromatic carbocycles. The molecule has 1 atom stereocenters. The number of esters is 1. The van der Waals surface area contributed by atoms with Gasteiger partial charge in [0.2, 0.25) is 5.91 Å². The Morgan fingerprint density at radius 1 is 1.11 bits per heavy atom. The Morgan fingerprint density at radius 3 is 2.54 bits per heavy atom. The first kappa shape index (κ1) is 26.2. The molecule has 186 valence electrons. The zero-order chi connectivity index (χ0) is 25.5. The lowest BCUT2D eigenvalue weighted by atomic mass is 9.81. The van der Waals surface area contributed by atoms with Gasteiger partial charge in [-0.3, -0.25) is 9.59 Å². The number of rotatable bonds is 9. The van der Waals surface area contributed by atoms with Crippen molar-refractivity contribution in [3.63, 3.8) is 0 Å². The normalized spacial score (nSPS) is 16.0. The summed E-state index contributed by atoms with van der Waals surface area (Å²) in [6.45, 7) is 11.0. The highest BCUT2D eigenvalue weighted by Gasteiger charge is 2.37. The highest BCUT2D eigenvalue weighted by atomic mass is 16.5. The zero-order valence-corrected chi connectivity index (χ0v) is 21.4.